The molecule has 1 N–H and O–H groups in total. The number of anilines is 1. The van der Waals surface area contributed by atoms with Crippen molar-refractivity contribution in [2.24, 2.45) is 0 Å². The zero-order valence-corrected chi connectivity index (χ0v) is 12.1. The van der Waals surface area contributed by atoms with Gasteiger partial charge in [0.1, 0.15) is 5.82 Å². The molecule has 0 radical (unpaired) electrons. The van der Waals surface area contributed by atoms with Crippen molar-refractivity contribution in [2.75, 3.05) is 11.9 Å². The first-order valence-electron chi connectivity index (χ1n) is 6.35. The SMILES string of the molecule is CCNc1cccc(CSc2ccc(C(F)(F)F)cn2)n1. The quantitative estimate of drug-likeness (QED) is 0.839. The molecule has 0 unspecified atom stereocenters. The molecule has 0 fully saturated rings. The average molecular weight is 313 g/mol. The summed E-state index contributed by atoms with van der Waals surface area (Å²) in [5.41, 5.74) is 0.110. The lowest BCUT2D eigenvalue weighted by Gasteiger charge is -2.07. The number of alkyl halides is 3. The third-order valence-corrected chi connectivity index (χ3v) is 3.57. The molecule has 3 nitrogen and oxygen atoms in total. The predicted molar refractivity (Wildman–Crippen MR) is 77.2 cm³/mol. The predicted octanol–water partition coefficient (Wildman–Crippen LogP) is 4.22. The molecule has 0 saturated carbocycles. The molecule has 0 saturated heterocycles. The largest absolute Gasteiger partial charge is 0.417 e. The van der Waals surface area contributed by atoms with Crippen LogP contribution in [0.3, 0.4) is 0 Å². The number of hydrogen-bond acceptors (Lipinski definition) is 4. The van der Waals surface area contributed by atoms with Crippen LogP contribution in [-0.4, -0.2) is 16.5 Å². The Kier molecular flexibility index (Phi) is 5.06. The maximum Gasteiger partial charge on any atom is 0.417 e. The van der Waals surface area contributed by atoms with Crippen LogP contribution in [0.15, 0.2) is 41.6 Å². The summed E-state index contributed by atoms with van der Waals surface area (Å²) < 4.78 is 37.3. The number of nitrogens with zero attached hydrogens (tertiary/aromatic N) is 2. The Labute approximate surface area is 125 Å². The minimum absolute atomic E-state index is 0.540. The van der Waals surface area contributed by atoms with E-state index in [-0.39, 0.29) is 0 Å². The summed E-state index contributed by atoms with van der Waals surface area (Å²) in [4.78, 5) is 8.21. The van der Waals surface area contributed by atoms with Gasteiger partial charge < -0.3 is 5.32 Å². The van der Waals surface area contributed by atoms with Gasteiger partial charge in [-0.15, -0.1) is 11.8 Å². The number of aromatic nitrogens is 2. The lowest BCUT2D eigenvalue weighted by atomic mass is 10.3. The molecule has 21 heavy (non-hydrogen) atoms. The monoisotopic (exact) mass is 313 g/mol. The van der Waals surface area contributed by atoms with Crippen molar-refractivity contribution in [3.8, 4) is 0 Å². The van der Waals surface area contributed by atoms with Gasteiger partial charge >= 0.3 is 6.18 Å². The molecule has 0 amide bonds. The van der Waals surface area contributed by atoms with Crippen molar-refractivity contribution < 1.29 is 13.2 Å². The summed E-state index contributed by atoms with van der Waals surface area (Å²) in [6.07, 6.45) is -3.50. The second kappa shape index (κ2) is 6.80. The first kappa shape index (κ1) is 15.6. The molecule has 112 valence electrons. The van der Waals surface area contributed by atoms with Gasteiger partial charge in [0.2, 0.25) is 0 Å². The van der Waals surface area contributed by atoms with E-state index in [9.17, 15) is 13.2 Å². The number of rotatable bonds is 5. The first-order chi connectivity index (χ1) is 9.99. The zero-order chi connectivity index (χ0) is 15.3. The second-order valence-corrected chi connectivity index (χ2v) is 5.21. The third kappa shape index (κ3) is 4.63. The molecule has 0 aliphatic heterocycles. The van der Waals surface area contributed by atoms with Gasteiger partial charge in [0, 0.05) is 18.5 Å². The number of hydrogen-bond donors (Lipinski definition) is 1. The van der Waals surface area contributed by atoms with E-state index in [4.69, 9.17) is 0 Å². The summed E-state index contributed by atoms with van der Waals surface area (Å²) in [5, 5.41) is 3.65. The third-order valence-electron chi connectivity index (χ3n) is 2.60. The van der Waals surface area contributed by atoms with Crippen LogP contribution in [0.4, 0.5) is 19.0 Å². The topological polar surface area (TPSA) is 37.8 Å². The first-order valence-corrected chi connectivity index (χ1v) is 7.33. The number of nitrogens with one attached hydrogen (secondary N) is 1. The highest BCUT2D eigenvalue weighted by Gasteiger charge is 2.30. The van der Waals surface area contributed by atoms with Crippen LogP contribution in [0.5, 0.6) is 0 Å². The summed E-state index contributed by atoms with van der Waals surface area (Å²) in [7, 11) is 0. The van der Waals surface area contributed by atoms with Crippen LogP contribution in [-0.2, 0) is 11.9 Å². The Morgan fingerprint density at radius 2 is 2.00 bits per heavy atom. The molecule has 0 bridgehead atoms. The van der Waals surface area contributed by atoms with Gasteiger partial charge in [0.25, 0.3) is 0 Å². The number of thioether (sulfide) groups is 1. The maximum absolute atomic E-state index is 12.4. The Balaban J connectivity index is 1.98. The van der Waals surface area contributed by atoms with Crippen molar-refractivity contribution in [3.63, 3.8) is 0 Å². The van der Waals surface area contributed by atoms with E-state index >= 15 is 0 Å². The molecule has 0 spiro atoms. The number of halogens is 3. The molecular formula is C14H14F3N3S. The minimum atomic E-state index is -4.35. The standard InChI is InChI=1S/C14H14F3N3S/c1-2-18-12-5-3-4-11(20-12)9-21-13-7-6-10(8-19-13)14(15,16)17/h3-8H,2,9H2,1H3,(H,18,20). The van der Waals surface area contributed by atoms with Gasteiger partial charge in [-0.2, -0.15) is 13.2 Å². The van der Waals surface area contributed by atoms with E-state index in [0.29, 0.717) is 10.8 Å². The van der Waals surface area contributed by atoms with E-state index in [2.05, 4.69) is 15.3 Å². The normalized spacial score (nSPS) is 11.4. The molecule has 0 aromatic carbocycles. The second-order valence-electron chi connectivity index (χ2n) is 4.22. The molecule has 2 aromatic heterocycles. The maximum atomic E-state index is 12.4. The summed E-state index contributed by atoms with van der Waals surface area (Å²) in [5.74, 6) is 1.34. The molecule has 2 heterocycles. The fourth-order valence-corrected chi connectivity index (χ4v) is 2.37. The molecule has 7 heteroatoms. The lowest BCUT2D eigenvalue weighted by Crippen LogP contribution is -2.05. The minimum Gasteiger partial charge on any atom is -0.370 e. The zero-order valence-electron chi connectivity index (χ0n) is 11.3. The summed E-state index contributed by atoms with van der Waals surface area (Å²) in [6.45, 7) is 2.76. The Bertz CT molecular complexity index is 585. The van der Waals surface area contributed by atoms with E-state index in [1.54, 1.807) is 0 Å². The van der Waals surface area contributed by atoms with Crippen LogP contribution in [0, 0.1) is 0 Å². The summed E-state index contributed by atoms with van der Waals surface area (Å²) >= 11 is 1.35. The van der Waals surface area contributed by atoms with Crippen molar-refractivity contribution in [2.45, 2.75) is 23.9 Å². The van der Waals surface area contributed by atoms with Gasteiger partial charge in [-0.3, -0.25) is 0 Å². The molecule has 2 aromatic rings. The van der Waals surface area contributed by atoms with E-state index < -0.39 is 11.7 Å². The lowest BCUT2D eigenvalue weighted by molar-refractivity contribution is -0.137. The van der Waals surface area contributed by atoms with Gasteiger partial charge in [0.05, 0.1) is 16.3 Å². The van der Waals surface area contributed by atoms with E-state index in [0.717, 1.165) is 30.3 Å². The Morgan fingerprint density at radius 1 is 1.19 bits per heavy atom. The molecule has 2 rings (SSSR count). The van der Waals surface area contributed by atoms with Crippen LogP contribution in [0.2, 0.25) is 0 Å². The van der Waals surface area contributed by atoms with Crippen LogP contribution in [0.25, 0.3) is 0 Å². The number of pyridine rings is 2. The van der Waals surface area contributed by atoms with E-state index in [1.807, 2.05) is 25.1 Å². The van der Waals surface area contributed by atoms with Crippen molar-refractivity contribution in [1.29, 1.82) is 0 Å². The fraction of sp³-hybridized carbons (Fsp3) is 0.286. The average Bonchev–Trinajstić information content (AvgIpc) is 2.45. The Morgan fingerprint density at radius 3 is 2.62 bits per heavy atom. The molecular weight excluding hydrogens is 299 g/mol. The van der Waals surface area contributed by atoms with E-state index in [1.165, 1.54) is 17.8 Å². The summed E-state index contributed by atoms with van der Waals surface area (Å²) in [6, 6.07) is 8.05. The van der Waals surface area contributed by atoms with Crippen molar-refractivity contribution in [1.82, 2.24) is 9.97 Å². The molecule has 0 aliphatic rings. The van der Waals surface area contributed by atoms with Crippen molar-refractivity contribution >= 4 is 17.6 Å². The fourth-order valence-electron chi connectivity index (χ4n) is 1.62. The van der Waals surface area contributed by atoms with Gasteiger partial charge in [0.15, 0.2) is 0 Å². The van der Waals surface area contributed by atoms with Gasteiger partial charge in [-0.25, -0.2) is 9.97 Å². The van der Waals surface area contributed by atoms with Gasteiger partial charge in [-0.05, 0) is 31.2 Å². The van der Waals surface area contributed by atoms with Gasteiger partial charge in [-0.1, -0.05) is 6.07 Å². The van der Waals surface area contributed by atoms with Crippen LogP contribution < -0.4 is 5.32 Å². The van der Waals surface area contributed by atoms with Crippen LogP contribution in [0.1, 0.15) is 18.2 Å². The molecule has 0 aliphatic carbocycles. The molecule has 0 atom stereocenters. The highest BCUT2D eigenvalue weighted by molar-refractivity contribution is 7.98. The smallest absolute Gasteiger partial charge is 0.370 e. The van der Waals surface area contributed by atoms with Crippen LogP contribution >= 0.6 is 11.8 Å². The highest BCUT2D eigenvalue weighted by Crippen LogP contribution is 2.30. The highest BCUT2D eigenvalue weighted by atomic mass is 32.2. The Hall–Kier alpha value is -1.76. The van der Waals surface area contributed by atoms with Crippen molar-refractivity contribution in [3.05, 3.63) is 47.8 Å².